The summed E-state index contributed by atoms with van der Waals surface area (Å²) in [5, 5.41) is 2.27. The fraction of sp³-hybridized carbons (Fsp3) is 0.0769. The largest absolute Gasteiger partial charge is 0.254 e. The number of fused-ring (bicyclic) bond motifs is 3. The van der Waals surface area contributed by atoms with Gasteiger partial charge in [0.15, 0.2) is 0 Å². The van der Waals surface area contributed by atoms with Crippen LogP contribution in [0.15, 0.2) is 85.2 Å². The molecule has 0 saturated carbocycles. The van der Waals surface area contributed by atoms with Crippen molar-refractivity contribution in [3.63, 3.8) is 0 Å². The molecule has 28 heavy (non-hydrogen) atoms. The van der Waals surface area contributed by atoms with Gasteiger partial charge in [-0.25, -0.2) is 0 Å². The maximum absolute atomic E-state index is 4.71. The molecule has 134 valence electrons. The van der Waals surface area contributed by atoms with Crippen LogP contribution in [-0.4, -0.2) is 9.97 Å². The first-order chi connectivity index (χ1) is 13.7. The molecule has 5 aromatic rings. The summed E-state index contributed by atoms with van der Waals surface area (Å²) in [6.07, 6.45) is 3.78. The third-order valence-corrected chi connectivity index (χ3v) is 5.28. The lowest BCUT2D eigenvalue weighted by molar-refractivity contribution is 1.37. The fourth-order valence-electron chi connectivity index (χ4n) is 3.96. The topological polar surface area (TPSA) is 25.8 Å². The number of aromatic nitrogens is 2. The zero-order chi connectivity index (χ0) is 19.1. The van der Waals surface area contributed by atoms with Gasteiger partial charge in [0.2, 0.25) is 0 Å². The van der Waals surface area contributed by atoms with E-state index in [1.165, 1.54) is 33.4 Å². The Morgan fingerprint density at radius 2 is 1.00 bits per heavy atom. The number of benzene rings is 3. The molecule has 0 bridgehead atoms. The third-order valence-electron chi connectivity index (χ3n) is 5.28. The van der Waals surface area contributed by atoms with Gasteiger partial charge in [0.1, 0.15) is 0 Å². The second kappa shape index (κ2) is 6.58. The summed E-state index contributed by atoms with van der Waals surface area (Å²) in [6.45, 7) is 4.25. The number of hydrogen-bond acceptors (Lipinski definition) is 2. The summed E-state index contributed by atoms with van der Waals surface area (Å²) >= 11 is 0. The van der Waals surface area contributed by atoms with Crippen molar-refractivity contribution in [3.05, 3.63) is 96.3 Å². The maximum atomic E-state index is 4.71. The highest BCUT2D eigenvalue weighted by atomic mass is 14.7. The number of nitrogens with zero attached hydrogens (tertiary/aromatic N) is 2. The first-order valence-corrected chi connectivity index (χ1v) is 9.51. The molecule has 0 atom stereocenters. The van der Waals surface area contributed by atoms with Gasteiger partial charge in [-0.1, -0.05) is 71.8 Å². The molecule has 0 amide bonds. The Morgan fingerprint density at radius 3 is 1.43 bits per heavy atom. The average molecular weight is 360 g/mol. The van der Waals surface area contributed by atoms with Gasteiger partial charge in [-0.2, -0.15) is 0 Å². The third kappa shape index (κ3) is 2.74. The molecule has 0 radical (unpaired) electrons. The average Bonchev–Trinajstić information content (AvgIpc) is 2.72. The van der Waals surface area contributed by atoms with Gasteiger partial charge < -0.3 is 0 Å². The van der Waals surface area contributed by atoms with Crippen LogP contribution in [0.5, 0.6) is 0 Å². The quantitative estimate of drug-likeness (QED) is 0.326. The van der Waals surface area contributed by atoms with Gasteiger partial charge >= 0.3 is 0 Å². The lowest BCUT2D eigenvalue weighted by Crippen LogP contribution is -1.91. The predicted molar refractivity (Wildman–Crippen MR) is 117 cm³/mol. The molecule has 0 fully saturated rings. The van der Waals surface area contributed by atoms with E-state index in [1.807, 2.05) is 12.4 Å². The molecule has 0 saturated heterocycles. The van der Waals surface area contributed by atoms with Crippen LogP contribution in [-0.2, 0) is 0 Å². The highest BCUT2D eigenvalue weighted by Gasteiger charge is 2.12. The molecule has 5 rings (SSSR count). The monoisotopic (exact) mass is 360 g/mol. The van der Waals surface area contributed by atoms with Gasteiger partial charge in [0, 0.05) is 23.2 Å². The fourth-order valence-corrected chi connectivity index (χ4v) is 3.96. The summed E-state index contributed by atoms with van der Waals surface area (Å²) in [5.41, 5.74) is 9.21. The van der Waals surface area contributed by atoms with E-state index in [1.54, 1.807) is 0 Å². The number of pyridine rings is 2. The van der Waals surface area contributed by atoms with E-state index in [0.717, 1.165) is 21.8 Å². The standard InChI is InChI=1S/C26H20N2/c1-17-5-3-7-19(15-17)21-11-13-27-25-23(21)9-10-24-22(12-14-28-26(24)25)20-8-4-6-18(2)16-20/h3-16H,1-2H3. The summed E-state index contributed by atoms with van der Waals surface area (Å²) in [6, 6.07) is 25.7. The van der Waals surface area contributed by atoms with Crippen LogP contribution >= 0.6 is 0 Å². The molecule has 0 aliphatic heterocycles. The Kier molecular flexibility index (Phi) is 3.91. The van der Waals surface area contributed by atoms with Crippen molar-refractivity contribution in [2.45, 2.75) is 13.8 Å². The van der Waals surface area contributed by atoms with Crippen molar-refractivity contribution in [1.82, 2.24) is 9.97 Å². The molecule has 2 nitrogen and oxygen atoms in total. The minimum Gasteiger partial charge on any atom is -0.254 e. The Morgan fingerprint density at radius 1 is 0.536 bits per heavy atom. The van der Waals surface area contributed by atoms with Crippen LogP contribution in [0, 0.1) is 13.8 Å². The van der Waals surface area contributed by atoms with Crippen molar-refractivity contribution in [3.8, 4) is 22.3 Å². The summed E-state index contributed by atoms with van der Waals surface area (Å²) < 4.78 is 0. The van der Waals surface area contributed by atoms with Crippen LogP contribution in [0.25, 0.3) is 44.1 Å². The number of aryl methyl sites for hydroxylation is 2. The molecule has 0 aliphatic carbocycles. The Hall–Kier alpha value is -3.52. The highest BCUT2D eigenvalue weighted by Crippen LogP contribution is 2.35. The summed E-state index contributed by atoms with van der Waals surface area (Å²) in [5.74, 6) is 0. The molecule has 0 aliphatic rings. The van der Waals surface area contributed by atoms with Crippen LogP contribution in [0.3, 0.4) is 0 Å². The van der Waals surface area contributed by atoms with Crippen LogP contribution in [0.2, 0.25) is 0 Å². The minimum absolute atomic E-state index is 0.950. The zero-order valence-corrected chi connectivity index (χ0v) is 16.0. The van der Waals surface area contributed by atoms with Crippen LogP contribution < -0.4 is 0 Å². The molecular formula is C26H20N2. The highest BCUT2D eigenvalue weighted by molar-refractivity contribution is 6.11. The second-order valence-corrected chi connectivity index (χ2v) is 7.31. The Bertz CT molecular complexity index is 1230. The zero-order valence-electron chi connectivity index (χ0n) is 16.0. The first-order valence-electron chi connectivity index (χ1n) is 9.51. The Balaban J connectivity index is 1.80. The molecule has 0 unspecified atom stereocenters. The van der Waals surface area contributed by atoms with Gasteiger partial charge in [0.05, 0.1) is 11.0 Å². The lowest BCUT2D eigenvalue weighted by atomic mass is 9.95. The number of hydrogen-bond donors (Lipinski definition) is 0. The molecule has 0 spiro atoms. The van der Waals surface area contributed by atoms with E-state index in [4.69, 9.17) is 9.97 Å². The lowest BCUT2D eigenvalue weighted by Gasteiger charge is -2.11. The van der Waals surface area contributed by atoms with Crippen molar-refractivity contribution in [2.75, 3.05) is 0 Å². The van der Waals surface area contributed by atoms with Crippen molar-refractivity contribution < 1.29 is 0 Å². The van der Waals surface area contributed by atoms with E-state index < -0.39 is 0 Å². The molecule has 0 N–H and O–H groups in total. The molecule has 2 aromatic heterocycles. The van der Waals surface area contributed by atoms with Gasteiger partial charge in [-0.15, -0.1) is 0 Å². The van der Waals surface area contributed by atoms with Crippen molar-refractivity contribution in [1.29, 1.82) is 0 Å². The second-order valence-electron chi connectivity index (χ2n) is 7.31. The van der Waals surface area contributed by atoms with Crippen molar-refractivity contribution >= 4 is 21.8 Å². The van der Waals surface area contributed by atoms with Crippen LogP contribution in [0.1, 0.15) is 11.1 Å². The normalized spacial score (nSPS) is 11.2. The first kappa shape index (κ1) is 16.6. The molecule has 3 aromatic carbocycles. The van der Waals surface area contributed by atoms with Gasteiger partial charge in [-0.3, -0.25) is 9.97 Å². The molecule has 2 heterocycles. The Labute approximate surface area is 164 Å². The van der Waals surface area contributed by atoms with Crippen molar-refractivity contribution in [2.24, 2.45) is 0 Å². The van der Waals surface area contributed by atoms with E-state index in [9.17, 15) is 0 Å². The smallest absolute Gasteiger partial charge is 0.0970 e. The maximum Gasteiger partial charge on any atom is 0.0970 e. The molecule has 2 heteroatoms. The molecular weight excluding hydrogens is 340 g/mol. The van der Waals surface area contributed by atoms with E-state index in [0.29, 0.717) is 0 Å². The van der Waals surface area contributed by atoms with E-state index in [-0.39, 0.29) is 0 Å². The van der Waals surface area contributed by atoms with E-state index >= 15 is 0 Å². The minimum atomic E-state index is 0.950. The SMILES string of the molecule is Cc1cccc(-c2ccnc3c2ccc2c(-c4cccc(C)c4)ccnc23)c1. The summed E-state index contributed by atoms with van der Waals surface area (Å²) in [7, 11) is 0. The van der Waals surface area contributed by atoms with E-state index in [2.05, 4.69) is 86.6 Å². The van der Waals surface area contributed by atoms with Gasteiger partial charge in [0.25, 0.3) is 0 Å². The predicted octanol–water partition coefficient (Wildman–Crippen LogP) is 6.73. The van der Waals surface area contributed by atoms with Crippen LogP contribution in [0.4, 0.5) is 0 Å². The number of rotatable bonds is 2. The summed E-state index contributed by atoms with van der Waals surface area (Å²) in [4.78, 5) is 9.42. The van der Waals surface area contributed by atoms with Gasteiger partial charge in [-0.05, 0) is 48.2 Å².